The van der Waals surface area contributed by atoms with Gasteiger partial charge in [0.25, 0.3) is 0 Å². The lowest BCUT2D eigenvalue weighted by molar-refractivity contribution is -0.160. The third-order valence-electron chi connectivity index (χ3n) is 7.32. The van der Waals surface area contributed by atoms with Gasteiger partial charge in [-0.2, -0.15) is 0 Å². The van der Waals surface area contributed by atoms with E-state index in [-0.39, 0.29) is 5.91 Å². The second-order valence-corrected chi connectivity index (χ2v) is 11.3. The Hall–Kier alpha value is -2.66. The van der Waals surface area contributed by atoms with Crippen LogP contribution in [-0.2, 0) is 20.7 Å². The van der Waals surface area contributed by atoms with Crippen LogP contribution in [0.3, 0.4) is 0 Å². The number of benzene rings is 2. The molecular weight excluding hydrogens is 438 g/mol. The van der Waals surface area contributed by atoms with Gasteiger partial charge < -0.3 is 14.7 Å². The lowest BCUT2D eigenvalue weighted by Crippen LogP contribution is -2.31. The molecule has 4 rings (SSSR count). The number of carbonyl (C=O) groups excluding carboxylic acids is 1. The van der Waals surface area contributed by atoms with Gasteiger partial charge >= 0.3 is 5.97 Å². The van der Waals surface area contributed by atoms with Crippen molar-refractivity contribution < 1.29 is 19.4 Å². The van der Waals surface area contributed by atoms with E-state index in [0.717, 1.165) is 46.3 Å². The number of hydrogen-bond acceptors (Lipinski definition) is 3. The van der Waals surface area contributed by atoms with Crippen LogP contribution in [0.4, 0.5) is 5.69 Å². The maximum absolute atomic E-state index is 13.4. The maximum Gasteiger partial charge on any atom is 0.337 e. The van der Waals surface area contributed by atoms with Gasteiger partial charge in [0.2, 0.25) is 5.91 Å². The quantitative estimate of drug-likeness (QED) is 0.498. The number of carbonyl (C=O) groups is 2. The Labute approximate surface area is 209 Å². The van der Waals surface area contributed by atoms with Gasteiger partial charge in [0.1, 0.15) is 0 Å². The van der Waals surface area contributed by atoms with E-state index in [4.69, 9.17) is 4.74 Å². The summed E-state index contributed by atoms with van der Waals surface area (Å²) in [7, 11) is 0. The van der Waals surface area contributed by atoms with E-state index >= 15 is 0 Å². The van der Waals surface area contributed by atoms with E-state index < -0.39 is 17.7 Å². The first kappa shape index (κ1) is 25.4. The molecule has 1 aliphatic heterocycles. The molecule has 1 atom stereocenters. The van der Waals surface area contributed by atoms with E-state index in [2.05, 4.69) is 24.3 Å². The molecule has 1 saturated carbocycles. The molecule has 1 aliphatic carbocycles. The van der Waals surface area contributed by atoms with E-state index in [1.807, 2.05) is 45.6 Å². The number of carboxylic acid groups (broad SMARTS) is 1. The largest absolute Gasteiger partial charge is 0.479 e. The summed E-state index contributed by atoms with van der Waals surface area (Å²) >= 11 is 0. The summed E-state index contributed by atoms with van der Waals surface area (Å²) in [5.74, 6) is -0.327. The molecule has 5 heteroatoms. The van der Waals surface area contributed by atoms with Crippen molar-refractivity contribution in [2.75, 3.05) is 11.4 Å². The van der Waals surface area contributed by atoms with Crippen molar-refractivity contribution in [1.82, 2.24) is 0 Å². The summed E-state index contributed by atoms with van der Waals surface area (Å²) < 4.78 is 6.11. The van der Waals surface area contributed by atoms with E-state index in [1.54, 1.807) is 0 Å². The van der Waals surface area contributed by atoms with Gasteiger partial charge in [-0.05, 0) is 88.1 Å². The Bertz CT molecular complexity index is 1090. The molecule has 1 amide bonds. The zero-order valence-corrected chi connectivity index (χ0v) is 21.8. The van der Waals surface area contributed by atoms with Crippen LogP contribution in [-0.4, -0.2) is 29.1 Å². The Morgan fingerprint density at radius 3 is 2.34 bits per heavy atom. The second kappa shape index (κ2) is 10.1. The topological polar surface area (TPSA) is 66.8 Å². The number of anilines is 1. The summed E-state index contributed by atoms with van der Waals surface area (Å²) in [4.78, 5) is 27.8. The zero-order chi connectivity index (χ0) is 25.3. The molecule has 2 aromatic carbocycles. The molecule has 5 nitrogen and oxygen atoms in total. The van der Waals surface area contributed by atoms with Gasteiger partial charge in [-0.15, -0.1) is 0 Å². The van der Waals surface area contributed by atoms with Crippen molar-refractivity contribution in [3.8, 4) is 11.1 Å². The molecule has 1 heterocycles. The molecule has 35 heavy (non-hydrogen) atoms. The first-order chi connectivity index (χ1) is 16.5. The SMILES string of the molecule is Cc1ccc(-c2c3c(cc(C)c2[C@H](OC(C)(C)C)C(=O)O)N(C(=O)CC2CCCCC2)CC3)cc1. The van der Waals surface area contributed by atoms with Crippen molar-refractivity contribution >= 4 is 17.6 Å². The first-order valence-corrected chi connectivity index (χ1v) is 13.0. The Morgan fingerprint density at radius 1 is 1.09 bits per heavy atom. The minimum atomic E-state index is -1.09. The molecule has 1 N–H and O–H groups in total. The zero-order valence-electron chi connectivity index (χ0n) is 21.8. The fourth-order valence-corrected chi connectivity index (χ4v) is 5.68. The molecular formula is C30H39NO4. The minimum absolute atomic E-state index is 0.193. The molecule has 0 unspecified atom stereocenters. The van der Waals surface area contributed by atoms with Gasteiger partial charge in [0, 0.05) is 24.2 Å². The third kappa shape index (κ3) is 5.61. The van der Waals surface area contributed by atoms with Crippen LogP contribution >= 0.6 is 0 Å². The summed E-state index contributed by atoms with van der Waals surface area (Å²) in [6.45, 7) is 10.3. The number of nitrogens with zero attached hydrogens (tertiary/aromatic N) is 1. The number of aliphatic carboxylic acids is 1. The molecule has 188 valence electrons. The number of amides is 1. The summed E-state index contributed by atoms with van der Waals surface area (Å²) in [6, 6.07) is 10.2. The summed E-state index contributed by atoms with van der Waals surface area (Å²) in [6.07, 6.45) is 6.23. The highest BCUT2D eigenvalue weighted by atomic mass is 16.5. The predicted octanol–water partition coefficient (Wildman–Crippen LogP) is 6.77. The number of rotatable bonds is 6. The Morgan fingerprint density at radius 2 is 1.74 bits per heavy atom. The number of aryl methyl sites for hydroxylation is 2. The highest BCUT2D eigenvalue weighted by Crippen LogP contribution is 2.45. The smallest absolute Gasteiger partial charge is 0.337 e. The van der Waals surface area contributed by atoms with Gasteiger partial charge in [-0.25, -0.2) is 4.79 Å². The van der Waals surface area contributed by atoms with Gasteiger partial charge in [0.05, 0.1) is 5.60 Å². The third-order valence-corrected chi connectivity index (χ3v) is 7.32. The average Bonchev–Trinajstić information content (AvgIpc) is 3.21. The lowest BCUT2D eigenvalue weighted by Gasteiger charge is -2.29. The van der Waals surface area contributed by atoms with Crippen LogP contribution in [0.1, 0.15) is 87.7 Å². The summed E-state index contributed by atoms with van der Waals surface area (Å²) in [5, 5.41) is 10.2. The minimum Gasteiger partial charge on any atom is -0.479 e. The highest BCUT2D eigenvalue weighted by molar-refractivity contribution is 5.98. The fourth-order valence-electron chi connectivity index (χ4n) is 5.68. The van der Waals surface area contributed by atoms with Crippen molar-refractivity contribution in [3.05, 3.63) is 52.6 Å². The van der Waals surface area contributed by atoms with Gasteiger partial charge in [-0.3, -0.25) is 4.79 Å². The van der Waals surface area contributed by atoms with Gasteiger partial charge in [-0.1, -0.05) is 49.1 Å². The summed E-state index contributed by atoms with van der Waals surface area (Å²) in [5.41, 5.74) is 5.91. The van der Waals surface area contributed by atoms with E-state index in [1.165, 1.54) is 19.3 Å². The van der Waals surface area contributed by atoms with Gasteiger partial charge in [0.15, 0.2) is 6.10 Å². The van der Waals surface area contributed by atoms with Crippen molar-refractivity contribution in [3.63, 3.8) is 0 Å². The van der Waals surface area contributed by atoms with Crippen LogP contribution in [0.15, 0.2) is 30.3 Å². The van der Waals surface area contributed by atoms with Crippen molar-refractivity contribution in [1.29, 1.82) is 0 Å². The first-order valence-electron chi connectivity index (χ1n) is 13.0. The lowest BCUT2D eigenvalue weighted by atomic mass is 9.86. The molecule has 2 aromatic rings. The monoisotopic (exact) mass is 477 g/mol. The highest BCUT2D eigenvalue weighted by Gasteiger charge is 2.36. The van der Waals surface area contributed by atoms with Crippen LogP contribution in [0, 0.1) is 19.8 Å². The maximum atomic E-state index is 13.4. The molecule has 0 saturated heterocycles. The fraction of sp³-hybridized carbons (Fsp3) is 0.533. The molecule has 0 bridgehead atoms. The number of hydrogen-bond donors (Lipinski definition) is 1. The Balaban J connectivity index is 1.81. The second-order valence-electron chi connectivity index (χ2n) is 11.3. The average molecular weight is 478 g/mol. The normalized spacial score (nSPS) is 17.3. The Kier molecular flexibility index (Phi) is 7.37. The van der Waals surface area contributed by atoms with Crippen LogP contribution in [0.2, 0.25) is 0 Å². The standard InChI is InChI=1S/C30H39NO4/c1-19-11-13-22(14-12-19)27-23-15-16-31(25(32)18-21-9-7-6-8-10-21)24(23)17-20(2)26(27)28(29(33)34)35-30(3,4)5/h11-14,17,21,28H,6-10,15-16,18H2,1-5H3,(H,33,34)/t28-/m0/s1. The van der Waals surface area contributed by atoms with Crippen LogP contribution < -0.4 is 4.90 Å². The van der Waals surface area contributed by atoms with Crippen molar-refractivity contribution in [2.45, 2.75) is 91.3 Å². The molecule has 0 spiro atoms. The molecule has 0 aromatic heterocycles. The molecule has 0 radical (unpaired) electrons. The van der Waals surface area contributed by atoms with Crippen LogP contribution in [0.5, 0.6) is 0 Å². The van der Waals surface area contributed by atoms with Crippen LogP contribution in [0.25, 0.3) is 11.1 Å². The van der Waals surface area contributed by atoms with E-state index in [9.17, 15) is 14.7 Å². The number of ether oxygens (including phenoxy) is 1. The number of carboxylic acids is 1. The predicted molar refractivity (Wildman–Crippen MR) is 140 cm³/mol. The number of fused-ring (bicyclic) bond motifs is 1. The molecule has 2 aliphatic rings. The molecule has 1 fully saturated rings. The van der Waals surface area contributed by atoms with E-state index in [0.29, 0.717) is 30.9 Å². The van der Waals surface area contributed by atoms with Crippen molar-refractivity contribution in [2.24, 2.45) is 5.92 Å².